The SMILES string of the molecule is Cc1ncnc(N2CCN(C(=O)c3ccc4nsnc4c3)CC2)c1F. The van der Waals surface area contributed by atoms with Gasteiger partial charge in [-0.05, 0) is 25.1 Å². The third-order valence-corrected chi connectivity index (χ3v) is 4.87. The molecule has 0 radical (unpaired) electrons. The molecule has 0 saturated carbocycles. The number of halogens is 1. The van der Waals surface area contributed by atoms with Crippen LogP contribution in [0.4, 0.5) is 10.2 Å². The quantitative estimate of drug-likeness (QED) is 0.696. The van der Waals surface area contributed by atoms with Gasteiger partial charge < -0.3 is 9.80 Å². The van der Waals surface area contributed by atoms with Crippen LogP contribution in [0.25, 0.3) is 11.0 Å². The Labute approximate surface area is 147 Å². The normalized spacial score (nSPS) is 15.0. The van der Waals surface area contributed by atoms with Crippen molar-refractivity contribution >= 4 is 34.5 Å². The zero-order valence-corrected chi connectivity index (χ0v) is 14.3. The number of piperazine rings is 1. The van der Waals surface area contributed by atoms with Crippen LogP contribution in [0.5, 0.6) is 0 Å². The van der Waals surface area contributed by atoms with Crippen LogP contribution >= 0.6 is 11.7 Å². The molecule has 0 atom stereocenters. The number of benzene rings is 1. The lowest BCUT2D eigenvalue weighted by Gasteiger charge is -2.35. The largest absolute Gasteiger partial charge is 0.351 e. The molecular weight excluding hydrogens is 343 g/mol. The van der Waals surface area contributed by atoms with E-state index < -0.39 is 5.82 Å². The molecule has 0 bridgehead atoms. The highest BCUT2D eigenvalue weighted by Gasteiger charge is 2.25. The van der Waals surface area contributed by atoms with Crippen molar-refractivity contribution in [3.63, 3.8) is 0 Å². The maximum absolute atomic E-state index is 14.2. The van der Waals surface area contributed by atoms with Crippen LogP contribution in [-0.4, -0.2) is 55.7 Å². The summed E-state index contributed by atoms with van der Waals surface area (Å²) in [6.07, 6.45) is 1.36. The van der Waals surface area contributed by atoms with Crippen molar-refractivity contribution < 1.29 is 9.18 Å². The number of fused-ring (bicyclic) bond motifs is 1. The summed E-state index contributed by atoms with van der Waals surface area (Å²) in [5.74, 6) is -0.146. The second-order valence-electron chi connectivity index (χ2n) is 5.84. The minimum Gasteiger partial charge on any atom is -0.351 e. The van der Waals surface area contributed by atoms with E-state index >= 15 is 0 Å². The van der Waals surface area contributed by atoms with E-state index in [0.29, 0.717) is 43.3 Å². The summed E-state index contributed by atoms with van der Waals surface area (Å²) in [5.41, 5.74) is 2.44. The van der Waals surface area contributed by atoms with Crippen LogP contribution in [0.15, 0.2) is 24.5 Å². The zero-order chi connectivity index (χ0) is 17.4. The van der Waals surface area contributed by atoms with Crippen molar-refractivity contribution in [2.75, 3.05) is 31.1 Å². The Balaban J connectivity index is 1.47. The molecule has 3 aromatic rings. The highest BCUT2D eigenvalue weighted by Crippen LogP contribution is 2.20. The number of nitrogens with zero attached hydrogens (tertiary/aromatic N) is 6. The Kier molecular flexibility index (Phi) is 4.00. The van der Waals surface area contributed by atoms with E-state index in [1.807, 2.05) is 4.90 Å². The van der Waals surface area contributed by atoms with E-state index in [1.54, 1.807) is 30.0 Å². The van der Waals surface area contributed by atoms with Crippen molar-refractivity contribution in [2.45, 2.75) is 6.92 Å². The summed E-state index contributed by atoms with van der Waals surface area (Å²) < 4.78 is 22.5. The first-order chi connectivity index (χ1) is 12.1. The Morgan fingerprint density at radius 1 is 1.12 bits per heavy atom. The first-order valence-electron chi connectivity index (χ1n) is 7.87. The fraction of sp³-hybridized carbons (Fsp3) is 0.312. The first-order valence-corrected chi connectivity index (χ1v) is 8.60. The first kappa shape index (κ1) is 15.8. The molecule has 0 spiro atoms. The molecule has 0 N–H and O–H groups in total. The summed E-state index contributed by atoms with van der Waals surface area (Å²) in [6.45, 7) is 3.69. The predicted octanol–water partition coefficient (Wildman–Crippen LogP) is 1.89. The Morgan fingerprint density at radius 2 is 1.88 bits per heavy atom. The van der Waals surface area contributed by atoms with Crippen molar-refractivity contribution in [3.8, 4) is 0 Å². The van der Waals surface area contributed by atoms with Crippen molar-refractivity contribution in [2.24, 2.45) is 0 Å². The van der Waals surface area contributed by atoms with Gasteiger partial charge in [0, 0.05) is 31.7 Å². The van der Waals surface area contributed by atoms with Crippen LogP contribution in [0, 0.1) is 12.7 Å². The molecule has 4 rings (SSSR count). The van der Waals surface area contributed by atoms with Gasteiger partial charge in [0.25, 0.3) is 5.91 Å². The minimum absolute atomic E-state index is 0.0473. The van der Waals surface area contributed by atoms with E-state index in [9.17, 15) is 9.18 Å². The van der Waals surface area contributed by atoms with E-state index in [2.05, 4.69) is 18.7 Å². The average Bonchev–Trinajstić information content (AvgIpc) is 3.11. The van der Waals surface area contributed by atoms with Crippen LogP contribution in [0.3, 0.4) is 0 Å². The second-order valence-corrected chi connectivity index (χ2v) is 6.37. The van der Waals surface area contributed by atoms with Gasteiger partial charge >= 0.3 is 0 Å². The van der Waals surface area contributed by atoms with Crippen LogP contribution in [0.1, 0.15) is 16.1 Å². The van der Waals surface area contributed by atoms with E-state index in [0.717, 1.165) is 22.8 Å². The maximum Gasteiger partial charge on any atom is 0.254 e. The van der Waals surface area contributed by atoms with Gasteiger partial charge in [0.05, 0.1) is 17.4 Å². The number of anilines is 1. The number of rotatable bonds is 2. The number of aryl methyl sites for hydroxylation is 1. The van der Waals surface area contributed by atoms with Gasteiger partial charge in [0.1, 0.15) is 17.4 Å². The lowest BCUT2D eigenvalue weighted by Crippen LogP contribution is -2.49. The van der Waals surface area contributed by atoms with Gasteiger partial charge in [-0.25, -0.2) is 14.4 Å². The highest BCUT2D eigenvalue weighted by atomic mass is 32.1. The molecule has 1 fully saturated rings. The van der Waals surface area contributed by atoms with Gasteiger partial charge in [-0.2, -0.15) is 8.75 Å². The number of aromatic nitrogens is 4. The molecule has 1 amide bonds. The van der Waals surface area contributed by atoms with Crippen molar-refractivity contribution in [1.29, 1.82) is 0 Å². The molecule has 9 heteroatoms. The summed E-state index contributed by atoms with van der Waals surface area (Å²) in [6, 6.07) is 5.34. The number of amides is 1. The third-order valence-electron chi connectivity index (χ3n) is 4.31. The van der Waals surface area contributed by atoms with E-state index in [-0.39, 0.29) is 5.91 Å². The summed E-state index contributed by atoms with van der Waals surface area (Å²) >= 11 is 1.13. The Morgan fingerprint density at radius 3 is 2.68 bits per heavy atom. The summed E-state index contributed by atoms with van der Waals surface area (Å²) in [7, 11) is 0. The van der Waals surface area contributed by atoms with E-state index in [1.165, 1.54) is 6.33 Å². The molecule has 2 aromatic heterocycles. The lowest BCUT2D eigenvalue weighted by atomic mass is 10.1. The molecule has 0 unspecified atom stereocenters. The van der Waals surface area contributed by atoms with Crippen molar-refractivity contribution in [1.82, 2.24) is 23.6 Å². The number of carbonyl (C=O) groups is 1. The van der Waals surface area contributed by atoms with Gasteiger partial charge in [-0.3, -0.25) is 4.79 Å². The third kappa shape index (κ3) is 2.91. The molecule has 128 valence electrons. The molecule has 25 heavy (non-hydrogen) atoms. The van der Waals surface area contributed by atoms with Crippen LogP contribution in [0.2, 0.25) is 0 Å². The molecule has 0 aliphatic carbocycles. The van der Waals surface area contributed by atoms with Crippen molar-refractivity contribution in [3.05, 3.63) is 41.6 Å². The second kappa shape index (κ2) is 6.32. The molecule has 1 aliphatic rings. The number of hydrogen-bond acceptors (Lipinski definition) is 7. The molecule has 1 saturated heterocycles. The Bertz CT molecular complexity index is 937. The smallest absolute Gasteiger partial charge is 0.254 e. The molecule has 3 heterocycles. The fourth-order valence-corrected chi connectivity index (χ4v) is 3.40. The van der Waals surface area contributed by atoms with Gasteiger partial charge in [-0.1, -0.05) is 0 Å². The van der Waals surface area contributed by atoms with Gasteiger partial charge in [-0.15, -0.1) is 0 Å². The number of carbonyl (C=O) groups excluding carboxylic acids is 1. The minimum atomic E-state index is -0.399. The fourth-order valence-electron chi connectivity index (χ4n) is 2.88. The molecule has 1 aliphatic heterocycles. The zero-order valence-electron chi connectivity index (χ0n) is 13.5. The lowest BCUT2D eigenvalue weighted by molar-refractivity contribution is 0.0746. The maximum atomic E-state index is 14.2. The number of hydrogen-bond donors (Lipinski definition) is 0. The monoisotopic (exact) mass is 358 g/mol. The standard InChI is InChI=1S/C16H15FN6OS/c1-10-14(17)15(19-9-18-10)22-4-6-23(7-5-22)16(24)11-2-3-12-13(8-11)21-25-20-12/h2-3,8-9H,4-7H2,1H3. The van der Waals surface area contributed by atoms with Crippen LogP contribution in [-0.2, 0) is 0 Å². The Hall–Kier alpha value is -2.68. The average molecular weight is 358 g/mol. The summed E-state index contributed by atoms with van der Waals surface area (Å²) in [5, 5.41) is 0. The van der Waals surface area contributed by atoms with Crippen LogP contribution < -0.4 is 4.90 Å². The molecule has 7 nitrogen and oxygen atoms in total. The molecule has 1 aromatic carbocycles. The summed E-state index contributed by atoms with van der Waals surface area (Å²) in [4.78, 5) is 24.2. The predicted molar refractivity (Wildman–Crippen MR) is 92.3 cm³/mol. The van der Waals surface area contributed by atoms with Gasteiger partial charge in [0.15, 0.2) is 11.6 Å². The van der Waals surface area contributed by atoms with Gasteiger partial charge in [0.2, 0.25) is 0 Å². The van der Waals surface area contributed by atoms with E-state index in [4.69, 9.17) is 0 Å². The molecular formula is C16H15FN6OS. The highest BCUT2D eigenvalue weighted by molar-refractivity contribution is 7.00. The topological polar surface area (TPSA) is 75.1 Å².